The van der Waals surface area contributed by atoms with Gasteiger partial charge in [-0.15, -0.1) is 0 Å². The Labute approximate surface area is 105 Å². The van der Waals surface area contributed by atoms with E-state index in [0.29, 0.717) is 6.54 Å². The molecule has 1 heterocycles. The van der Waals surface area contributed by atoms with Crippen molar-refractivity contribution in [2.75, 3.05) is 33.7 Å². The van der Waals surface area contributed by atoms with Crippen molar-refractivity contribution >= 4 is 10.2 Å². The summed E-state index contributed by atoms with van der Waals surface area (Å²) in [6.07, 6.45) is 2.50. The van der Waals surface area contributed by atoms with Gasteiger partial charge >= 0.3 is 0 Å². The van der Waals surface area contributed by atoms with Crippen LogP contribution in [-0.2, 0) is 10.2 Å². The molecule has 1 rings (SSSR count). The molecule has 1 saturated heterocycles. The largest absolute Gasteiger partial charge is 0.299 e. The molecule has 102 valence electrons. The predicted octanol–water partition coefficient (Wildman–Crippen LogP) is 0.503. The Bertz CT molecular complexity index is 330. The van der Waals surface area contributed by atoms with E-state index in [0.717, 1.165) is 19.0 Å². The van der Waals surface area contributed by atoms with E-state index in [2.05, 4.69) is 23.5 Å². The van der Waals surface area contributed by atoms with Crippen LogP contribution < -0.4 is 4.72 Å². The fraction of sp³-hybridized carbons (Fsp3) is 1.00. The summed E-state index contributed by atoms with van der Waals surface area (Å²) in [6, 6.07) is 0.257. The van der Waals surface area contributed by atoms with E-state index >= 15 is 0 Å². The van der Waals surface area contributed by atoms with Crippen LogP contribution in [0.15, 0.2) is 0 Å². The molecule has 1 N–H and O–H groups in total. The minimum atomic E-state index is -3.29. The summed E-state index contributed by atoms with van der Waals surface area (Å²) in [4.78, 5) is 2.37. The smallest absolute Gasteiger partial charge is 0.278 e. The summed E-state index contributed by atoms with van der Waals surface area (Å²) in [7, 11) is -0.213. The van der Waals surface area contributed by atoms with Gasteiger partial charge in [-0.05, 0) is 32.2 Å². The van der Waals surface area contributed by atoms with Crippen molar-refractivity contribution < 1.29 is 8.42 Å². The fourth-order valence-corrected chi connectivity index (χ4v) is 2.82. The zero-order valence-electron chi connectivity index (χ0n) is 11.3. The van der Waals surface area contributed by atoms with E-state index in [1.807, 2.05) is 0 Å². The van der Waals surface area contributed by atoms with E-state index < -0.39 is 10.2 Å². The van der Waals surface area contributed by atoms with Crippen LogP contribution in [0.25, 0.3) is 0 Å². The van der Waals surface area contributed by atoms with E-state index in [9.17, 15) is 8.42 Å². The summed E-state index contributed by atoms with van der Waals surface area (Å²) < 4.78 is 27.0. The van der Waals surface area contributed by atoms with Crippen molar-refractivity contribution in [3.63, 3.8) is 0 Å². The maximum absolute atomic E-state index is 11.6. The first-order valence-corrected chi connectivity index (χ1v) is 7.68. The van der Waals surface area contributed by atoms with Gasteiger partial charge in [-0.1, -0.05) is 6.92 Å². The SMILES string of the molecule is CC1CCCN(C(C)CNS(=O)(=O)N(C)C)C1. The summed E-state index contributed by atoms with van der Waals surface area (Å²) in [6.45, 7) is 6.96. The third-order valence-corrected chi connectivity index (χ3v) is 4.85. The maximum Gasteiger partial charge on any atom is 0.278 e. The lowest BCUT2D eigenvalue weighted by Crippen LogP contribution is -2.48. The Hall–Kier alpha value is -0.170. The number of piperidine rings is 1. The van der Waals surface area contributed by atoms with Gasteiger partial charge in [0.15, 0.2) is 0 Å². The van der Waals surface area contributed by atoms with Crippen molar-refractivity contribution in [2.24, 2.45) is 5.92 Å². The molecule has 0 aromatic rings. The monoisotopic (exact) mass is 263 g/mol. The van der Waals surface area contributed by atoms with E-state index in [1.54, 1.807) is 0 Å². The Morgan fingerprint density at radius 1 is 1.47 bits per heavy atom. The molecule has 1 aliphatic rings. The molecule has 0 radical (unpaired) electrons. The zero-order chi connectivity index (χ0) is 13.1. The van der Waals surface area contributed by atoms with Gasteiger partial charge in [0.25, 0.3) is 10.2 Å². The molecule has 0 aromatic heterocycles. The van der Waals surface area contributed by atoms with E-state index in [1.165, 1.54) is 31.2 Å². The number of hydrogen-bond acceptors (Lipinski definition) is 3. The molecule has 0 saturated carbocycles. The molecule has 0 aliphatic carbocycles. The van der Waals surface area contributed by atoms with Gasteiger partial charge in [0.1, 0.15) is 0 Å². The number of rotatable bonds is 5. The van der Waals surface area contributed by atoms with Crippen molar-refractivity contribution in [3.05, 3.63) is 0 Å². The highest BCUT2D eigenvalue weighted by Crippen LogP contribution is 2.17. The lowest BCUT2D eigenvalue weighted by molar-refractivity contribution is 0.140. The van der Waals surface area contributed by atoms with Crippen molar-refractivity contribution in [2.45, 2.75) is 32.7 Å². The summed E-state index contributed by atoms with van der Waals surface area (Å²) in [5.74, 6) is 0.719. The summed E-state index contributed by atoms with van der Waals surface area (Å²) in [5.41, 5.74) is 0. The average Bonchev–Trinajstić information content (AvgIpc) is 2.25. The Morgan fingerprint density at radius 2 is 2.12 bits per heavy atom. The first-order valence-electron chi connectivity index (χ1n) is 6.24. The van der Waals surface area contributed by atoms with Crippen LogP contribution in [0.1, 0.15) is 26.7 Å². The first kappa shape index (κ1) is 14.9. The van der Waals surface area contributed by atoms with Crippen LogP contribution in [-0.4, -0.2) is 57.4 Å². The third kappa shape index (κ3) is 4.54. The maximum atomic E-state index is 11.6. The van der Waals surface area contributed by atoms with Gasteiger partial charge in [0.2, 0.25) is 0 Å². The molecule has 6 heteroatoms. The van der Waals surface area contributed by atoms with Crippen molar-refractivity contribution in [3.8, 4) is 0 Å². The van der Waals surface area contributed by atoms with Crippen LogP contribution in [0, 0.1) is 5.92 Å². The van der Waals surface area contributed by atoms with Gasteiger partial charge in [0, 0.05) is 33.2 Å². The molecule has 2 unspecified atom stereocenters. The molecule has 2 atom stereocenters. The second kappa shape index (κ2) is 6.13. The van der Waals surface area contributed by atoms with Crippen LogP contribution in [0.3, 0.4) is 0 Å². The van der Waals surface area contributed by atoms with Crippen molar-refractivity contribution in [1.29, 1.82) is 0 Å². The van der Waals surface area contributed by atoms with E-state index in [4.69, 9.17) is 0 Å². The summed E-state index contributed by atoms with van der Waals surface area (Å²) >= 11 is 0. The average molecular weight is 263 g/mol. The highest BCUT2D eigenvalue weighted by atomic mass is 32.2. The molecule has 0 amide bonds. The molecule has 5 nitrogen and oxygen atoms in total. The Morgan fingerprint density at radius 3 is 2.65 bits per heavy atom. The normalized spacial score (nSPS) is 25.1. The summed E-state index contributed by atoms with van der Waals surface area (Å²) in [5, 5.41) is 0. The fourth-order valence-electron chi connectivity index (χ4n) is 2.11. The third-order valence-electron chi connectivity index (χ3n) is 3.35. The minimum absolute atomic E-state index is 0.257. The highest BCUT2D eigenvalue weighted by Gasteiger charge is 2.22. The Balaban J connectivity index is 2.41. The highest BCUT2D eigenvalue weighted by molar-refractivity contribution is 7.87. The standard InChI is InChI=1S/C11H25N3O2S/c1-10-6-5-7-14(9-10)11(2)8-12-17(15,16)13(3)4/h10-12H,5-9H2,1-4H3. The quantitative estimate of drug-likeness (QED) is 0.786. The molecular formula is C11H25N3O2S. The molecule has 1 fully saturated rings. The number of hydrogen-bond donors (Lipinski definition) is 1. The lowest BCUT2D eigenvalue weighted by Gasteiger charge is -2.35. The zero-order valence-corrected chi connectivity index (χ0v) is 12.1. The van der Waals surface area contributed by atoms with Crippen LogP contribution >= 0.6 is 0 Å². The number of nitrogens with zero attached hydrogens (tertiary/aromatic N) is 2. The number of likely N-dealkylation sites (tertiary alicyclic amines) is 1. The van der Waals surface area contributed by atoms with Gasteiger partial charge in [0.05, 0.1) is 0 Å². The van der Waals surface area contributed by atoms with Crippen LogP contribution in [0.2, 0.25) is 0 Å². The van der Waals surface area contributed by atoms with Gasteiger partial charge < -0.3 is 0 Å². The van der Waals surface area contributed by atoms with E-state index in [-0.39, 0.29) is 6.04 Å². The molecular weight excluding hydrogens is 238 g/mol. The predicted molar refractivity (Wildman–Crippen MR) is 70.0 cm³/mol. The molecule has 17 heavy (non-hydrogen) atoms. The number of nitrogens with one attached hydrogen (secondary N) is 1. The molecule has 0 spiro atoms. The minimum Gasteiger partial charge on any atom is -0.299 e. The molecule has 0 bridgehead atoms. The first-order chi connectivity index (χ1) is 7.83. The van der Waals surface area contributed by atoms with Gasteiger partial charge in [-0.2, -0.15) is 12.7 Å². The van der Waals surface area contributed by atoms with Crippen LogP contribution in [0.5, 0.6) is 0 Å². The second-order valence-electron chi connectivity index (χ2n) is 5.23. The lowest BCUT2D eigenvalue weighted by atomic mass is 9.99. The van der Waals surface area contributed by atoms with Crippen molar-refractivity contribution in [1.82, 2.24) is 13.9 Å². The second-order valence-corrected chi connectivity index (χ2v) is 7.20. The van der Waals surface area contributed by atoms with Gasteiger partial charge in [-0.3, -0.25) is 4.90 Å². The Kier molecular flexibility index (Phi) is 5.37. The molecule has 1 aliphatic heterocycles. The van der Waals surface area contributed by atoms with Crippen LogP contribution in [0.4, 0.5) is 0 Å². The van der Waals surface area contributed by atoms with Gasteiger partial charge in [-0.25, -0.2) is 4.72 Å². The molecule has 0 aromatic carbocycles. The topological polar surface area (TPSA) is 52.7 Å².